The van der Waals surface area contributed by atoms with Crippen LogP contribution in [-0.4, -0.2) is 50.7 Å². The van der Waals surface area contributed by atoms with E-state index in [1.54, 1.807) is 42.5 Å². The largest absolute Gasteiger partial charge is 0.493 e. The predicted molar refractivity (Wildman–Crippen MR) is 136 cm³/mol. The molecule has 0 aliphatic carbocycles. The molecule has 10 nitrogen and oxygen atoms in total. The number of carbonyl (C=O) groups is 3. The molecule has 10 heteroatoms. The number of amides is 1. The smallest absolute Gasteiger partial charge is 0.330 e. The Bertz CT molecular complexity index is 1400. The van der Waals surface area contributed by atoms with Crippen molar-refractivity contribution in [3.63, 3.8) is 0 Å². The van der Waals surface area contributed by atoms with Crippen molar-refractivity contribution in [2.24, 2.45) is 0 Å². The average Bonchev–Trinajstić information content (AvgIpc) is 3.24. The van der Waals surface area contributed by atoms with Crippen LogP contribution < -0.4 is 29.0 Å². The topological polar surface area (TPSA) is 130 Å². The van der Waals surface area contributed by atoms with E-state index >= 15 is 0 Å². The number of carboxylic acid groups (broad SMARTS) is 1. The molecular formula is C28H25NO9. The van der Waals surface area contributed by atoms with Crippen molar-refractivity contribution in [2.75, 3.05) is 27.9 Å². The molecule has 0 saturated carbocycles. The monoisotopic (exact) mass is 519 g/mol. The molecule has 2 N–H and O–H groups in total. The summed E-state index contributed by atoms with van der Waals surface area (Å²) in [7, 11) is 4.46. The van der Waals surface area contributed by atoms with Crippen LogP contribution >= 0.6 is 0 Å². The second-order valence-corrected chi connectivity index (χ2v) is 8.06. The molecule has 3 aromatic carbocycles. The quantitative estimate of drug-likeness (QED) is 0.386. The van der Waals surface area contributed by atoms with Gasteiger partial charge in [-0.1, -0.05) is 30.3 Å². The second kappa shape index (κ2) is 11.4. The third-order valence-electron chi connectivity index (χ3n) is 5.72. The van der Waals surface area contributed by atoms with Crippen molar-refractivity contribution >= 4 is 23.7 Å². The Balaban J connectivity index is 1.47. The molecule has 0 radical (unpaired) electrons. The van der Waals surface area contributed by atoms with Gasteiger partial charge >= 0.3 is 5.97 Å². The van der Waals surface area contributed by atoms with Crippen LogP contribution in [0.25, 0.3) is 6.08 Å². The maximum absolute atomic E-state index is 12.9. The molecule has 1 atom stereocenters. The molecule has 0 fully saturated rings. The fourth-order valence-corrected chi connectivity index (χ4v) is 3.92. The van der Waals surface area contributed by atoms with Crippen LogP contribution in [0.3, 0.4) is 0 Å². The van der Waals surface area contributed by atoms with E-state index in [4.69, 9.17) is 23.7 Å². The second-order valence-electron chi connectivity index (χ2n) is 8.06. The molecule has 1 heterocycles. The van der Waals surface area contributed by atoms with E-state index in [0.717, 1.165) is 0 Å². The summed E-state index contributed by atoms with van der Waals surface area (Å²) in [6, 6.07) is 15.1. The first-order chi connectivity index (χ1) is 18.4. The van der Waals surface area contributed by atoms with E-state index in [-0.39, 0.29) is 23.0 Å². The van der Waals surface area contributed by atoms with Crippen molar-refractivity contribution in [1.82, 2.24) is 5.32 Å². The molecule has 196 valence electrons. The molecule has 1 aliphatic rings. The maximum atomic E-state index is 12.9. The number of hydrogen-bond acceptors (Lipinski definition) is 8. The van der Waals surface area contributed by atoms with Gasteiger partial charge in [-0.05, 0) is 35.9 Å². The standard InChI is InChI=1S/C28H25NO9/c1-34-20-12-9-17(26(35-2)27(20)36-3)13-22-25(31)19-11-10-18(14-21(19)38-22)37-15-23(30)29-24(28(32)33)16-7-5-4-6-8-16/h4-14,24H,15H2,1-3H3,(H,29,30)(H,32,33). The Kier molecular flexibility index (Phi) is 7.81. The Hall–Kier alpha value is -4.99. The number of rotatable bonds is 10. The lowest BCUT2D eigenvalue weighted by molar-refractivity contribution is -0.142. The zero-order valence-electron chi connectivity index (χ0n) is 20.8. The van der Waals surface area contributed by atoms with E-state index < -0.39 is 24.5 Å². The highest BCUT2D eigenvalue weighted by Gasteiger charge is 2.29. The number of ketones is 1. The lowest BCUT2D eigenvalue weighted by Gasteiger charge is -2.15. The molecular weight excluding hydrogens is 494 g/mol. The van der Waals surface area contributed by atoms with Gasteiger partial charge in [-0.3, -0.25) is 9.59 Å². The van der Waals surface area contributed by atoms with Gasteiger partial charge < -0.3 is 34.1 Å². The zero-order valence-corrected chi connectivity index (χ0v) is 20.8. The van der Waals surface area contributed by atoms with Crippen LogP contribution in [0.15, 0.2) is 66.4 Å². The van der Waals surface area contributed by atoms with Crippen LogP contribution in [0, 0.1) is 0 Å². The summed E-state index contributed by atoms with van der Waals surface area (Å²) in [4.78, 5) is 36.9. The van der Waals surface area contributed by atoms with Crippen molar-refractivity contribution in [1.29, 1.82) is 0 Å². The summed E-state index contributed by atoms with van der Waals surface area (Å²) >= 11 is 0. The minimum atomic E-state index is -1.21. The van der Waals surface area contributed by atoms with Gasteiger partial charge in [0.15, 0.2) is 29.9 Å². The first kappa shape index (κ1) is 26.1. The van der Waals surface area contributed by atoms with Gasteiger partial charge in [0.2, 0.25) is 11.5 Å². The Morgan fingerprint density at radius 2 is 1.71 bits per heavy atom. The molecule has 0 bridgehead atoms. The number of Topliss-reactive ketones (excluding diaryl/α,β-unsaturated/α-hetero) is 1. The minimum absolute atomic E-state index is 0.0626. The van der Waals surface area contributed by atoms with Crippen molar-refractivity contribution < 1.29 is 43.2 Å². The van der Waals surface area contributed by atoms with Gasteiger partial charge in [0.25, 0.3) is 5.91 Å². The molecule has 1 amide bonds. The molecule has 38 heavy (non-hydrogen) atoms. The number of fused-ring (bicyclic) bond motifs is 1. The SMILES string of the molecule is COc1ccc(C=C2Oc3cc(OCC(=O)NC(C(=O)O)c4ccccc4)ccc3C2=O)c(OC)c1OC. The zero-order chi connectivity index (χ0) is 27.2. The van der Waals surface area contributed by atoms with Crippen LogP contribution in [0.4, 0.5) is 0 Å². The number of benzene rings is 3. The number of carbonyl (C=O) groups excluding carboxylic acids is 2. The summed E-state index contributed by atoms with van der Waals surface area (Å²) < 4.78 is 27.4. The summed E-state index contributed by atoms with van der Waals surface area (Å²) in [5, 5.41) is 11.9. The highest BCUT2D eigenvalue weighted by atomic mass is 16.5. The normalized spacial score (nSPS) is 13.8. The van der Waals surface area contributed by atoms with Gasteiger partial charge in [0, 0.05) is 11.6 Å². The summed E-state index contributed by atoms with van der Waals surface area (Å²) in [5.74, 6) is -0.358. The van der Waals surface area contributed by atoms with Gasteiger partial charge in [-0.15, -0.1) is 0 Å². The number of aliphatic carboxylic acids is 1. The molecule has 4 rings (SSSR count). The van der Waals surface area contributed by atoms with E-state index in [0.29, 0.717) is 33.9 Å². The van der Waals surface area contributed by atoms with Crippen LogP contribution in [0.2, 0.25) is 0 Å². The van der Waals surface area contributed by atoms with Gasteiger partial charge in [-0.25, -0.2) is 4.79 Å². The number of allylic oxidation sites excluding steroid dienone is 1. The Morgan fingerprint density at radius 3 is 2.37 bits per heavy atom. The Morgan fingerprint density at radius 1 is 0.974 bits per heavy atom. The van der Waals surface area contributed by atoms with Crippen molar-refractivity contribution in [2.45, 2.75) is 6.04 Å². The van der Waals surface area contributed by atoms with Crippen molar-refractivity contribution in [3.05, 3.63) is 83.1 Å². The third kappa shape index (κ3) is 5.39. The fraction of sp³-hybridized carbons (Fsp3) is 0.179. The molecule has 0 aromatic heterocycles. The van der Waals surface area contributed by atoms with Crippen LogP contribution in [-0.2, 0) is 9.59 Å². The number of carboxylic acids is 1. The summed E-state index contributed by atoms with van der Waals surface area (Å²) in [6.45, 7) is -0.436. The number of ether oxygens (including phenoxy) is 5. The average molecular weight is 520 g/mol. The highest BCUT2D eigenvalue weighted by molar-refractivity contribution is 6.14. The third-order valence-corrected chi connectivity index (χ3v) is 5.72. The Labute approximate surface area is 218 Å². The molecule has 0 spiro atoms. The number of methoxy groups -OCH3 is 3. The lowest BCUT2D eigenvalue weighted by atomic mass is 10.1. The van der Waals surface area contributed by atoms with Gasteiger partial charge in [0.05, 0.1) is 26.9 Å². The van der Waals surface area contributed by atoms with E-state index in [1.165, 1.54) is 45.6 Å². The van der Waals surface area contributed by atoms with Crippen LogP contribution in [0.5, 0.6) is 28.7 Å². The van der Waals surface area contributed by atoms with E-state index in [9.17, 15) is 19.5 Å². The lowest BCUT2D eigenvalue weighted by Crippen LogP contribution is -2.36. The maximum Gasteiger partial charge on any atom is 0.330 e. The first-order valence-corrected chi connectivity index (χ1v) is 11.4. The van der Waals surface area contributed by atoms with E-state index in [1.807, 2.05) is 0 Å². The fourth-order valence-electron chi connectivity index (χ4n) is 3.92. The van der Waals surface area contributed by atoms with E-state index in [2.05, 4.69) is 5.32 Å². The minimum Gasteiger partial charge on any atom is -0.493 e. The highest BCUT2D eigenvalue weighted by Crippen LogP contribution is 2.42. The van der Waals surface area contributed by atoms with Crippen molar-refractivity contribution in [3.8, 4) is 28.7 Å². The number of hydrogen-bond donors (Lipinski definition) is 2. The molecule has 0 saturated heterocycles. The molecule has 1 aliphatic heterocycles. The van der Waals surface area contributed by atoms with Gasteiger partial charge in [0.1, 0.15) is 11.5 Å². The van der Waals surface area contributed by atoms with Crippen LogP contribution in [0.1, 0.15) is 27.5 Å². The number of nitrogens with one attached hydrogen (secondary N) is 1. The predicted octanol–water partition coefficient (Wildman–Crippen LogP) is 3.65. The first-order valence-electron chi connectivity index (χ1n) is 11.4. The van der Waals surface area contributed by atoms with Gasteiger partial charge in [-0.2, -0.15) is 0 Å². The molecule has 3 aromatic rings. The summed E-state index contributed by atoms with van der Waals surface area (Å²) in [5.41, 5.74) is 1.30. The molecule has 1 unspecified atom stereocenters. The summed E-state index contributed by atoms with van der Waals surface area (Å²) in [6.07, 6.45) is 1.53.